The van der Waals surface area contributed by atoms with Crippen molar-refractivity contribution in [3.05, 3.63) is 65.9 Å². The number of rotatable bonds is 6. The standard InChI is InChI=1S/C19H18F2N4O3/c20-18(21)28-13-7-5-12(6-8-13)9-10-22-19(27)25-24-17(26)15-11-23-16-4-2-1-3-14(15)16/h1-8,11,18,23H,9-10H2,(H,24,26)(H2,22,25,27). The molecule has 28 heavy (non-hydrogen) atoms. The first-order chi connectivity index (χ1) is 13.5. The summed E-state index contributed by atoms with van der Waals surface area (Å²) in [6.07, 6.45) is 2.06. The van der Waals surface area contributed by atoms with E-state index in [-0.39, 0.29) is 5.75 Å². The number of fused-ring (bicyclic) bond motifs is 1. The third-order valence-corrected chi connectivity index (χ3v) is 3.97. The minimum absolute atomic E-state index is 0.0736. The number of ether oxygens (including phenoxy) is 1. The third-order valence-electron chi connectivity index (χ3n) is 3.97. The van der Waals surface area contributed by atoms with E-state index >= 15 is 0 Å². The first kappa shape index (κ1) is 19.2. The average Bonchev–Trinajstić information content (AvgIpc) is 3.11. The van der Waals surface area contributed by atoms with Gasteiger partial charge < -0.3 is 15.0 Å². The van der Waals surface area contributed by atoms with Gasteiger partial charge in [-0.3, -0.25) is 10.2 Å². The quantitative estimate of drug-likeness (QED) is 0.489. The molecule has 0 fully saturated rings. The number of nitrogens with one attached hydrogen (secondary N) is 4. The van der Waals surface area contributed by atoms with Gasteiger partial charge in [0.15, 0.2) is 0 Å². The van der Waals surface area contributed by atoms with E-state index in [0.717, 1.165) is 16.5 Å². The number of alkyl halides is 2. The Morgan fingerprint density at radius 3 is 2.54 bits per heavy atom. The minimum atomic E-state index is -2.87. The van der Waals surface area contributed by atoms with Crippen molar-refractivity contribution < 1.29 is 23.1 Å². The molecule has 0 atom stereocenters. The van der Waals surface area contributed by atoms with Crippen molar-refractivity contribution in [2.45, 2.75) is 13.0 Å². The smallest absolute Gasteiger partial charge is 0.387 e. The number of carbonyl (C=O) groups is 2. The van der Waals surface area contributed by atoms with Crippen LogP contribution in [0.2, 0.25) is 0 Å². The molecule has 0 aliphatic rings. The predicted molar refractivity (Wildman–Crippen MR) is 99.1 cm³/mol. The molecular weight excluding hydrogens is 370 g/mol. The number of amides is 3. The molecule has 0 bridgehead atoms. The number of hydrogen-bond donors (Lipinski definition) is 4. The van der Waals surface area contributed by atoms with Crippen LogP contribution in [-0.4, -0.2) is 30.1 Å². The fraction of sp³-hybridized carbons (Fsp3) is 0.158. The van der Waals surface area contributed by atoms with Gasteiger partial charge >= 0.3 is 12.6 Å². The monoisotopic (exact) mass is 388 g/mol. The second-order valence-corrected chi connectivity index (χ2v) is 5.86. The van der Waals surface area contributed by atoms with Gasteiger partial charge in [0, 0.05) is 23.6 Å². The van der Waals surface area contributed by atoms with Gasteiger partial charge in [0.1, 0.15) is 5.75 Å². The molecule has 7 nitrogen and oxygen atoms in total. The molecule has 3 aromatic rings. The van der Waals surface area contributed by atoms with Crippen molar-refractivity contribution in [2.75, 3.05) is 6.54 Å². The number of H-pyrrole nitrogens is 1. The summed E-state index contributed by atoms with van der Waals surface area (Å²) in [6, 6.07) is 12.9. The fourth-order valence-corrected chi connectivity index (χ4v) is 2.64. The highest BCUT2D eigenvalue weighted by Gasteiger charge is 2.12. The van der Waals surface area contributed by atoms with E-state index in [1.54, 1.807) is 24.4 Å². The SMILES string of the molecule is O=C(NCCc1ccc(OC(F)F)cc1)NNC(=O)c1c[nH]c2ccccc12. The largest absolute Gasteiger partial charge is 0.435 e. The van der Waals surface area contributed by atoms with Crippen LogP contribution in [0.3, 0.4) is 0 Å². The van der Waals surface area contributed by atoms with Gasteiger partial charge in [-0.2, -0.15) is 8.78 Å². The van der Waals surface area contributed by atoms with E-state index < -0.39 is 18.5 Å². The molecule has 0 spiro atoms. The number of benzene rings is 2. The first-order valence-electron chi connectivity index (χ1n) is 8.47. The number of urea groups is 1. The van der Waals surface area contributed by atoms with Crippen LogP contribution in [0.1, 0.15) is 15.9 Å². The molecule has 3 amide bonds. The van der Waals surface area contributed by atoms with Crippen molar-refractivity contribution in [1.82, 2.24) is 21.2 Å². The van der Waals surface area contributed by atoms with Crippen LogP contribution in [0.4, 0.5) is 13.6 Å². The molecule has 0 aliphatic heterocycles. The lowest BCUT2D eigenvalue weighted by Gasteiger charge is -2.09. The molecular formula is C19H18F2N4O3. The van der Waals surface area contributed by atoms with Gasteiger partial charge in [-0.1, -0.05) is 30.3 Å². The number of hydrazine groups is 1. The van der Waals surface area contributed by atoms with Crippen LogP contribution >= 0.6 is 0 Å². The normalized spacial score (nSPS) is 10.7. The maximum absolute atomic E-state index is 12.2. The summed E-state index contributed by atoms with van der Waals surface area (Å²) in [6.45, 7) is -2.57. The molecule has 0 aliphatic carbocycles. The summed E-state index contributed by atoms with van der Waals surface area (Å²) in [5.74, 6) is -0.369. The molecule has 4 N–H and O–H groups in total. The first-order valence-corrected chi connectivity index (χ1v) is 8.47. The second-order valence-electron chi connectivity index (χ2n) is 5.86. The number of aromatic amines is 1. The van der Waals surface area contributed by atoms with Gasteiger partial charge in [-0.05, 0) is 30.2 Å². The van der Waals surface area contributed by atoms with Crippen LogP contribution in [0.15, 0.2) is 54.7 Å². The van der Waals surface area contributed by atoms with E-state index in [2.05, 4.69) is 25.9 Å². The van der Waals surface area contributed by atoms with E-state index in [9.17, 15) is 18.4 Å². The van der Waals surface area contributed by atoms with E-state index in [4.69, 9.17) is 0 Å². The Morgan fingerprint density at radius 1 is 1.04 bits per heavy atom. The molecule has 0 saturated heterocycles. The Bertz CT molecular complexity index is 957. The number of aromatic nitrogens is 1. The zero-order valence-electron chi connectivity index (χ0n) is 14.7. The van der Waals surface area contributed by atoms with Gasteiger partial charge in [-0.15, -0.1) is 0 Å². The number of para-hydroxylation sites is 1. The highest BCUT2D eigenvalue weighted by Crippen LogP contribution is 2.17. The van der Waals surface area contributed by atoms with Crippen molar-refractivity contribution in [2.24, 2.45) is 0 Å². The number of hydrogen-bond acceptors (Lipinski definition) is 3. The Balaban J connectivity index is 1.41. The summed E-state index contributed by atoms with van der Waals surface area (Å²) in [4.78, 5) is 27.0. The Morgan fingerprint density at radius 2 is 1.79 bits per heavy atom. The van der Waals surface area contributed by atoms with E-state index in [0.29, 0.717) is 18.5 Å². The maximum Gasteiger partial charge on any atom is 0.387 e. The summed E-state index contributed by atoms with van der Waals surface area (Å²) >= 11 is 0. The van der Waals surface area contributed by atoms with Crippen molar-refractivity contribution >= 4 is 22.8 Å². The van der Waals surface area contributed by atoms with Crippen molar-refractivity contribution in [3.8, 4) is 5.75 Å². The summed E-state index contributed by atoms with van der Waals surface area (Å²) in [5, 5.41) is 3.34. The third kappa shape index (κ3) is 4.97. The van der Waals surface area contributed by atoms with Crippen LogP contribution in [-0.2, 0) is 6.42 Å². The highest BCUT2D eigenvalue weighted by molar-refractivity contribution is 6.07. The van der Waals surface area contributed by atoms with Gasteiger partial charge in [0.2, 0.25) is 0 Å². The van der Waals surface area contributed by atoms with Crippen molar-refractivity contribution in [3.63, 3.8) is 0 Å². The lowest BCUT2D eigenvalue weighted by atomic mass is 10.1. The maximum atomic E-state index is 12.2. The summed E-state index contributed by atoms with van der Waals surface area (Å²) in [7, 11) is 0. The van der Waals surface area contributed by atoms with Crippen molar-refractivity contribution in [1.29, 1.82) is 0 Å². The van der Waals surface area contributed by atoms with E-state index in [1.807, 2.05) is 18.2 Å². The zero-order chi connectivity index (χ0) is 19.9. The zero-order valence-corrected chi connectivity index (χ0v) is 14.7. The lowest BCUT2D eigenvalue weighted by Crippen LogP contribution is -2.47. The minimum Gasteiger partial charge on any atom is -0.435 e. The molecule has 146 valence electrons. The predicted octanol–water partition coefficient (Wildman–Crippen LogP) is 2.96. The second kappa shape index (κ2) is 8.85. The molecule has 3 rings (SSSR count). The van der Waals surface area contributed by atoms with Crippen LogP contribution in [0.5, 0.6) is 5.75 Å². The number of carbonyl (C=O) groups excluding carboxylic acids is 2. The molecule has 1 heterocycles. The van der Waals surface area contributed by atoms with Crippen LogP contribution in [0.25, 0.3) is 10.9 Å². The molecule has 0 radical (unpaired) electrons. The topological polar surface area (TPSA) is 95.2 Å². The number of halogens is 2. The van der Waals surface area contributed by atoms with Gasteiger partial charge in [0.05, 0.1) is 5.56 Å². The Kier molecular flexibility index (Phi) is 6.05. The summed E-state index contributed by atoms with van der Waals surface area (Å²) in [5.41, 5.74) is 6.71. The molecule has 1 aromatic heterocycles. The summed E-state index contributed by atoms with van der Waals surface area (Å²) < 4.78 is 28.5. The average molecular weight is 388 g/mol. The molecule has 2 aromatic carbocycles. The lowest BCUT2D eigenvalue weighted by molar-refractivity contribution is -0.0498. The van der Waals surface area contributed by atoms with Crippen LogP contribution < -0.4 is 20.9 Å². The van der Waals surface area contributed by atoms with Gasteiger partial charge in [0.25, 0.3) is 5.91 Å². The molecule has 0 saturated carbocycles. The highest BCUT2D eigenvalue weighted by atomic mass is 19.3. The Hall–Kier alpha value is -3.62. The Labute approximate surface area is 159 Å². The molecule has 0 unspecified atom stereocenters. The molecule has 9 heteroatoms. The van der Waals surface area contributed by atoms with Gasteiger partial charge in [-0.25, -0.2) is 10.2 Å². The fourth-order valence-electron chi connectivity index (χ4n) is 2.64. The van der Waals surface area contributed by atoms with E-state index in [1.165, 1.54) is 12.1 Å². The van der Waals surface area contributed by atoms with Crippen LogP contribution in [0, 0.1) is 0 Å².